The molecule has 5 rings (SSSR count). The summed E-state index contributed by atoms with van der Waals surface area (Å²) >= 11 is 1.60. The Morgan fingerprint density at radius 1 is 1.03 bits per heavy atom. The fourth-order valence-electron chi connectivity index (χ4n) is 4.23. The molecule has 5 nitrogen and oxygen atoms in total. The van der Waals surface area contributed by atoms with Crippen molar-refractivity contribution >= 4 is 44.7 Å². The number of nitrogen functional groups attached to an aromatic ring is 1. The third-order valence-electron chi connectivity index (χ3n) is 6.26. The van der Waals surface area contributed by atoms with Crippen LogP contribution >= 0.6 is 11.3 Å². The van der Waals surface area contributed by atoms with Crippen LogP contribution in [0.5, 0.6) is 0 Å². The van der Waals surface area contributed by atoms with Crippen LogP contribution in [0.15, 0.2) is 67.2 Å². The van der Waals surface area contributed by atoms with Crippen LogP contribution in [-0.4, -0.2) is 16.0 Å². The third kappa shape index (κ3) is 6.83. The lowest BCUT2D eigenvalue weighted by atomic mass is 9.95. The van der Waals surface area contributed by atoms with Gasteiger partial charge in [0.2, 0.25) is 5.95 Å². The van der Waals surface area contributed by atoms with Gasteiger partial charge in [0.25, 0.3) is 0 Å². The highest BCUT2D eigenvalue weighted by atomic mass is 32.1. The zero-order valence-corrected chi connectivity index (χ0v) is 21.5. The topological polar surface area (TPSA) is 75.9 Å². The van der Waals surface area contributed by atoms with Crippen LogP contribution in [0, 0.1) is 6.92 Å². The number of anilines is 3. The number of hydrogen-bond donors (Lipinski definition) is 3. The van der Waals surface area contributed by atoms with Gasteiger partial charge in [-0.05, 0) is 49.9 Å². The van der Waals surface area contributed by atoms with Gasteiger partial charge in [-0.15, -0.1) is 11.3 Å². The average molecular weight is 486 g/mol. The number of aryl methyl sites for hydroxylation is 2. The number of hydrogen-bond acceptors (Lipinski definition) is 6. The van der Waals surface area contributed by atoms with Crippen molar-refractivity contribution in [3.05, 3.63) is 83.2 Å². The standard InChI is InChI=1S/C21H25N5S.C8H10/c1-13-8-10-16(11-9-13)24-19-17-12-18(27-20(17)26-21(22)25-19)14(2)23-15-6-4-3-5-7-15;1-2-8-6-4-3-5-7-8/h8-12,15,23H,2-7H2,1H3,(H3,22,24,25,26);3-7H,2H2,1H3. The quantitative estimate of drug-likeness (QED) is 0.264. The molecule has 0 atom stereocenters. The van der Waals surface area contributed by atoms with Crippen LogP contribution < -0.4 is 16.4 Å². The minimum atomic E-state index is 0.274. The highest BCUT2D eigenvalue weighted by molar-refractivity contribution is 7.19. The number of nitrogens with two attached hydrogens (primary N) is 1. The van der Waals surface area contributed by atoms with Crippen molar-refractivity contribution in [1.29, 1.82) is 0 Å². The van der Waals surface area contributed by atoms with E-state index >= 15 is 0 Å². The van der Waals surface area contributed by atoms with E-state index in [4.69, 9.17) is 5.73 Å². The zero-order chi connectivity index (χ0) is 24.6. The average Bonchev–Trinajstić information content (AvgIpc) is 3.31. The van der Waals surface area contributed by atoms with Gasteiger partial charge in [0.05, 0.1) is 10.3 Å². The van der Waals surface area contributed by atoms with E-state index in [1.807, 2.05) is 18.2 Å². The Morgan fingerprint density at radius 2 is 1.74 bits per heavy atom. The van der Waals surface area contributed by atoms with Crippen LogP contribution in [0.2, 0.25) is 0 Å². The molecule has 1 aliphatic carbocycles. The second kappa shape index (κ2) is 11.8. The number of thiophene rings is 1. The summed E-state index contributed by atoms with van der Waals surface area (Å²) in [5.74, 6) is 1.01. The Balaban J connectivity index is 0.000000308. The molecule has 0 saturated heterocycles. The van der Waals surface area contributed by atoms with Crippen LogP contribution in [-0.2, 0) is 6.42 Å². The Bertz CT molecular complexity index is 1240. The first kappa shape index (κ1) is 24.7. The van der Waals surface area contributed by atoms with E-state index in [2.05, 4.69) is 83.5 Å². The summed E-state index contributed by atoms with van der Waals surface area (Å²) < 4.78 is 0. The molecule has 2 aromatic heterocycles. The Morgan fingerprint density at radius 3 is 2.40 bits per heavy atom. The second-order valence-corrected chi connectivity index (χ2v) is 10.1. The second-order valence-electron chi connectivity index (χ2n) is 9.05. The lowest BCUT2D eigenvalue weighted by Crippen LogP contribution is -2.29. The summed E-state index contributed by atoms with van der Waals surface area (Å²) in [7, 11) is 0. The molecule has 182 valence electrons. The van der Waals surface area contributed by atoms with Crippen molar-refractivity contribution in [1.82, 2.24) is 15.3 Å². The van der Waals surface area contributed by atoms with Gasteiger partial charge in [0.15, 0.2) is 0 Å². The Labute approximate surface area is 212 Å². The molecule has 0 spiro atoms. The van der Waals surface area contributed by atoms with Crippen molar-refractivity contribution in [3.8, 4) is 0 Å². The maximum absolute atomic E-state index is 5.94. The number of nitrogens with zero attached hydrogens (tertiary/aromatic N) is 2. The van der Waals surface area contributed by atoms with Gasteiger partial charge in [0.1, 0.15) is 10.6 Å². The molecule has 6 heteroatoms. The first-order valence-electron chi connectivity index (χ1n) is 12.4. The van der Waals surface area contributed by atoms with Crippen LogP contribution in [0.1, 0.15) is 55.0 Å². The van der Waals surface area contributed by atoms with Crippen LogP contribution in [0.4, 0.5) is 17.5 Å². The van der Waals surface area contributed by atoms with Crippen molar-refractivity contribution in [2.24, 2.45) is 0 Å². The van der Waals surface area contributed by atoms with Gasteiger partial charge in [-0.25, -0.2) is 4.98 Å². The summed E-state index contributed by atoms with van der Waals surface area (Å²) in [5.41, 5.74) is 10.5. The minimum absolute atomic E-state index is 0.274. The highest BCUT2D eigenvalue weighted by Crippen LogP contribution is 2.34. The van der Waals surface area contributed by atoms with E-state index in [1.165, 1.54) is 43.2 Å². The Kier molecular flexibility index (Phi) is 8.37. The van der Waals surface area contributed by atoms with Gasteiger partial charge in [-0.2, -0.15) is 4.98 Å². The molecule has 4 aromatic rings. The molecule has 35 heavy (non-hydrogen) atoms. The highest BCUT2D eigenvalue weighted by Gasteiger charge is 2.17. The van der Waals surface area contributed by atoms with Crippen molar-refractivity contribution < 1.29 is 0 Å². The molecular weight excluding hydrogens is 450 g/mol. The summed E-state index contributed by atoms with van der Waals surface area (Å²) in [4.78, 5) is 10.8. The number of fused-ring (bicyclic) bond motifs is 1. The van der Waals surface area contributed by atoms with E-state index in [9.17, 15) is 0 Å². The summed E-state index contributed by atoms with van der Waals surface area (Å²) in [6.45, 7) is 8.49. The molecular formula is C29H35N5S. The molecule has 0 bridgehead atoms. The maximum Gasteiger partial charge on any atom is 0.223 e. The zero-order valence-electron chi connectivity index (χ0n) is 20.7. The monoisotopic (exact) mass is 485 g/mol. The lowest BCUT2D eigenvalue weighted by Gasteiger charge is -2.24. The van der Waals surface area contributed by atoms with Crippen molar-refractivity contribution in [2.45, 2.75) is 58.4 Å². The van der Waals surface area contributed by atoms with Gasteiger partial charge < -0.3 is 16.4 Å². The summed E-state index contributed by atoms with van der Waals surface area (Å²) in [6, 6.07) is 21.3. The fraction of sp³-hybridized carbons (Fsp3) is 0.310. The van der Waals surface area contributed by atoms with Crippen molar-refractivity contribution in [2.75, 3.05) is 11.1 Å². The predicted molar refractivity (Wildman–Crippen MR) is 151 cm³/mol. The Hall–Kier alpha value is -3.38. The van der Waals surface area contributed by atoms with Gasteiger partial charge in [-0.1, -0.05) is 80.8 Å². The maximum atomic E-state index is 5.94. The van der Waals surface area contributed by atoms with Gasteiger partial charge >= 0.3 is 0 Å². The fourth-order valence-corrected chi connectivity index (χ4v) is 5.21. The smallest absolute Gasteiger partial charge is 0.223 e. The first-order chi connectivity index (χ1) is 17.0. The summed E-state index contributed by atoms with van der Waals surface area (Å²) in [5, 5.41) is 7.95. The lowest BCUT2D eigenvalue weighted by molar-refractivity contribution is 0.409. The largest absolute Gasteiger partial charge is 0.382 e. The van der Waals surface area contributed by atoms with E-state index in [-0.39, 0.29) is 5.95 Å². The molecule has 1 saturated carbocycles. The number of aromatic nitrogens is 2. The molecule has 1 fully saturated rings. The SMILES string of the molecule is C=C(NC1CCCCC1)c1cc2c(Nc3ccc(C)cc3)nc(N)nc2s1.CCc1ccccc1. The predicted octanol–water partition coefficient (Wildman–Crippen LogP) is 7.47. The van der Waals surface area contributed by atoms with Gasteiger partial charge in [0, 0.05) is 17.4 Å². The van der Waals surface area contributed by atoms with E-state index in [1.54, 1.807) is 11.3 Å². The third-order valence-corrected chi connectivity index (χ3v) is 7.35. The number of nitrogens with one attached hydrogen (secondary N) is 2. The van der Waals surface area contributed by atoms with Crippen molar-refractivity contribution in [3.63, 3.8) is 0 Å². The molecule has 0 unspecified atom stereocenters. The van der Waals surface area contributed by atoms with E-state index in [0.29, 0.717) is 6.04 Å². The molecule has 2 aromatic carbocycles. The van der Waals surface area contributed by atoms with Crippen LogP contribution in [0.3, 0.4) is 0 Å². The normalized spacial score (nSPS) is 13.7. The van der Waals surface area contributed by atoms with E-state index in [0.717, 1.165) is 38.7 Å². The molecule has 2 heterocycles. The molecule has 0 amide bonds. The van der Waals surface area contributed by atoms with Gasteiger partial charge in [-0.3, -0.25) is 0 Å². The number of rotatable bonds is 6. The summed E-state index contributed by atoms with van der Waals surface area (Å²) in [6.07, 6.45) is 7.51. The molecule has 1 aliphatic rings. The molecule has 0 aliphatic heterocycles. The molecule has 0 radical (unpaired) electrons. The van der Waals surface area contributed by atoms with Crippen LogP contribution in [0.25, 0.3) is 15.9 Å². The number of benzene rings is 2. The molecule has 4 N–H and O–H groups in total. The van der Waals surface area contributed by atoms with E-state index < -0.39 is 0 Å². The first-order valence-corrected chi connectivity index (χ1v) is 13.2. The minimum Gasteiger partial charge on any atom is -0.382 e.